The van der Waals surface area contributed by atoms with Crippen LogP contribution in [0.5, 0.6) is 5.75 Å². The van der Waals surface area contributed by atoms with Gasteiger partial charge in [0.2, 0.25) is 0 Å². The second kappa shape index (κ2) is 16.6. The third kappa shape index (κ3) is 10.8. The first-order valence-electron chi connectivity index (χ1n) is 9.99. The molecule has 0 amide bonds. The zero-order valence-electron chi connectivity index (χ0n) is 18.3. The predicted octanol–water partition coefficient (Wildman–Crippen LogP) is 8.37. The van der Waals surface area contributed by atoms with Gasteiger partial charge in [-0.2, -0.15) is 0 Å². The molecule has 0 atom stereocenters. The molecule has 0 heterocycles. The van der Waals surface area contributed by atoms with Crippen LogP contribution in [-0.4, -0.2) is 22.6 Å². The van der Waals surface area contributed by atoms with Crippen molar-refractivity contribution in [3.05, 3.63) is 131 Å². The van der Waals surface area contributed by atoms with Gasteiger partial charge >= 0.3 is 7.69 Å². The third-order valence-corrected chi connectivity index (χ3v) is 5.94. The lowest BCUT2D eigenvalue weighted by molar-refractivity contribution is -0.385. The van der Waals surface area contributed by atoms with Crippen LogP contribution in [0, 0.1) is 20.2 Å². The van der Waals surface area contributed by atoms with Crippen molar-refractivity contribution in [3.8, 4) is 16.9 Å². The summed E-state index contributed by atoms with van der Waals surface area (Å²) in [5.74, 6) is 0.639. The van der Waals surface area contributed by atoms with Crippen LogP contribution in [0.15, 0.2) is 110 Å². The van der Waals surface area contributed by atoms with Crippen LogP contribution >= 0.6 is 47.8 Å². The Hall–Kier alpha value is -3.06. The highest BCUT2D eigenvalue weighted by Crippen LogP contribution is 2.32. The minimum absolute atomic E-state index is 0. The molecule has 0 unspecified atom stereocenters. The van der Waals surface area contributed by atoms with E-state index in [1.807, 2.05) is 48.5 Å². The summed E-state index contributed by atoms with van der Waals surface area (Å²) in [4.78, 5) is 20.5. The van der Waals surface area contributed by atoms with E-state index in [4.69, 9.17) is 5.02 Å². The molecule has 0 bridgehead atoms. The number of nitro benzene ring substituents is 2. The van der Waals surface area contributed by atoms with Crippen LogP contribution in [0.4, 0.5) is 11.4 Å². The number of para-hydroxylation sites is 1. The molecule has 0 aliphatic carbocycles. The maximum Gasteiger partial charge on any atom is 0.569 e. The Labute approximate surface area is 240 Å². The van der Waals surface area contributed by atoms with E-state index in [-0.39, 0.29) is 23.7 Å². The van der Waals surface area contributed by atoms with Crippen LogP contribution in [-0.2, 0) is 0 Å². The lowest BCUT2D eigenvalue weighted by Crippen LogP contribution is -1.98. The smallest absolute Gasteiger partial charge is 0.537 e. The monoisotopic (exact) mass is 693 g/mol. The quantitative estimate of drug-likeness (QED) is 0.127. The highest BCUT2D eigenvalue weighted by Gasteiger charge is 2.15. The largest absolute Gasteiger partial charge is 0.569 e. The molecular formula is C25H21BBr3N2O6. The molecule has 8 nitrogen and oxygen atoms in total. The second-order valence-electron chi connectivity index (χ2n) is 6.67. The standard InChI is InChI=1S/C12H8BrNO2.C6H6BO2.C6H3Br2NO2.CH4/c13-10-6-7-11(12(8-10)14(15)16)9-4-2-1-3-5-9;8-7-9-6-4-2-1-3-5-6;7-4-1-2-5(8)6(3-4)9(10)11;/h1-8H;1-5,8H;1-3H;1H4. The Morgan fingerprint density at radius 3 is 1.68 bits per heavy atom. The molecule has 0 aliphatic rings. The van der Waals surface area contributed by atoms with Gasteiger partial charge in [-0.15, -0.1) is 0 Å². The van der Waals surface area contributed by atoms with E-state index in [1.165, 1.54) is 12.1 Å². The molecule has 0 aliphatic heterocycles. The van der Waals surface area contributed by atoms with E-state index < -0.39 is 4.92 Å². The van der Waals surface area contributed by atoms with E-state index in [9.17, 15) is 20.2 Å². The SMILES string of the molecule is C.O=[N+]([O-])c1cc(Br)ccc1-c1ccccc1.O=[N+]([O-])c1cc(Br)ccc1Br.O[B]Oc1ccccc1. The first-order chi connectivity index (χ1) is 17.2. The van der Waals surface area contributed by atoms with Crippen molar-refractivity contribution in [3.63, 3.8) is 0 Å². The van der Waals surface area contributed by atoms with Gasteiger partial charge in [0.05, 0.1) is 25.6 Å². The molecule has 4 rings (SSSR count). The van der Waals surface area contributed by atoms with Gasteiger partial charge in [0, 0.05) is 21.1 Å². The summed E-state index contributed by atoms with van der Waals surface area (Å²) in [6, 6.07) is 28.3. The zero-order chi connectivity index (χ0) is 26.5. The number of hydrogen-bond acceptors (Lipinski definition) is 6. The van der Waals surface area contributed by atoms with Gasteiger partial charge in [-0.25, -0.2) is 0 Å². The topological polar surface area (TPSA) is 116 Å². The van der Waals surface area contributed by atoms with Gasteiger partial charge in [0.25, 0.3) is 11.4 Å². The van der Waals surface area contributed by atoms with Crippen LogP contribution in [0.1, 0.15) is 7.43 Å². The number of hydrogen-bond donors (Lipinski definition) is 1. The Morgan fingerprint density at radius 1 is 0.703 bits per heavy atom. The molecule has 4 aromatic carbocycles. The number of nitrogens with zero attached hydrogens (tertiary/aromatic N) is 2. The second-order valence-corrected chi connectivity index (χ2v) is 9.36. The summed E-state index contributed by atoms with van der Waals surface area (Å²) in [7, 11) is 0.662. The lowest BCUT2D eigenvalue weighted by Gasteiger charge is -2.03. The van der Waals surface area contributed by atoms with Crippen LogP contribution in [0.25, 0.3) is 11.1 Å². The van der Waals surface area contributed by atoms with E-state index in [0.717, 1.165) is 5.56 Å². The number of rotatable bonds is 5. The summed E-state index contributed by atoms with van der Waals surface area (Å²) in [6.07, 6.45) is 0. The summed E-state index contributed by atoms with van der Waals surface area (Å²) < 4.78 is 6.54. The van der Waals surface area contributed by atoms with E-state index in [2.05, 4.69) is 52.4 Å². The first kappa shape index (κ1) is 32.0. The Balaban J connectivity index is 0.000000287. The number of nitro groups is 2. The molecule has 1 N–H and O–H groups in total. The van der Waals surface area contributed by atoms with Crippen molar-refractivity contribution >= 4 is 66.8 Å². The molecule has 0 spiro atoms. The fourth-order valence-electron chi connectivity index (χ4n) is 2.70. The number of halogens is 3. The fraction of sp³-hybridized carbons (Fsp3) is 0.0400. The van der Waals surface area contributed by atoms with Gasteiger partial charge < -0.3 is 9.68 Å². The normalized spacial score (nSPS) is 9.30. The van der Waals surface area contributed by atoms with Gasteiger partial charge in [0.15, 0.2) is 0 Å². The summed E-state index contributed by atoms with van der Waals surface area (Å²) >= 11 is 9.44. The highest BCUT2D eigenvalue weighted by atomic mass is 79.9. The van der Waals surface area contributed by atoms with Crippen molar-refractivity contribution in [2.45, 2.75) is 7.43 Å². The van der Waals surface area contributed by atoms with Gasteiger partial charge in [-0.05, 0) is 57.9 Å². The van der Waals surface area contributed by atoms with Gasteiger partial charge in [-0.1, -0.05) is 87.8 Å². The fourth-order valence-corrected chi connectivity index (χ4v) is 3.79. The number of benzene rings is 4. The van der Waals surface area contributed by atoms with E-state index in [1.54, 1.807) is 36.4 Å². The third-order valence-electron chi connectivity index (χ3n) is 4.28. The summed E-state index contributed by atoms with van der Waals surface area (Å²) in [5.41, 5.74) is 1.66. The maximum absolute atomic E-state index is 10.9. The van der Waals surface area contributed by atoms with Crippen molar-refractivity contribution in [1.29, 1.82) is 0 Å². The average molecular weight is 696 g/mol. The van der Waals surface area contributed by atoms with E-state index in [0.29, 0.717) is 32.4 Å². The molecule has 0 saturated carbocycles. The Kier molecular flexibility index (Phi) is 14.4. The van der Waals surface area contributed by atoms with Crippen molar-refractivity contribution in [2.75, 3.05) is 0 Å². The van der Waals surface area contributed by atoms with Crippen LogP contribution in [0.2, 0.25) is 0 Å². The van der Waals surface area contributed by atoms with Crippen molar-refractivity contribution in [1.82, 2.24) is 0 Å². The highest BCUT2D eigenvalue weighted by molar-refractivity contribution is 9.11. The minimum atomic E-state index is -0.436. The molecule has 0 saturated heterocycles. The van der Waals surface area contributed by atoms with E-state index >= 15 is 0 Å². The zero-order valence-corrected chi connectivity index (χ0v) is 23.1. The summed E-state index contributed by atoms with van der Waals surface area (Å²) in [6.45, 7) is 0. The van der Waals surface area contributed by atoms with Crippen molar-refractivity contribution in [2.24, 2.45) is 0 Å². The van der Waals surface area contributed by atoms with Crippen LogP contribution < -0.4 is 4.65 Å². The maximum atomic E-state index is 10.9. The van der Waals surface area contributed by atoms with Crippen LogP contribution in [0.3, 0.4) is 0 Å². The first-order valence-corrected chi connectivity index (χ1v) is 12.4. The van der Waals surface area contributed by atoms with Crippen molar-refractivity contribution < 1.29 is 19.5 Å². The Morgan fingerprint density at radius 2 is 1.19 bits per heavy atom. The van der Waals surface area contributed by atoms with Gasteiger partial charge in [-0.3, -0.25) is 20.2 Å². The molecular weight excluding hydrogens is 675 g/mol. The molecule has 1 radical (unpaired) electrons. The molecule has 0 fully saturated rings. The Bertz CT molecular complexity index is 1300. The lowest BCUT2D eigenvalue weighted by atomic mass is 10.0. The molecule has 4 aromatic rings. The summed E-state index contributed by atoms with van der Waals surface area (Å²) in [5, 5.41) is 29.4. The molecule has 37 heavy (non-hydrogen) atoms. The molecule has 191 valence electrons. The minimum Gasteiger partial charge on any atom is -0.537 e. The van der Waals surface area contributed by atoms with Gasteiger partial charge in [0.1, 0.15) is 0 Å². The average Bonchev–Trinajstić information content (AvgIpc) is 2.87. The molecule has 0 aromatic heterocycles. The molecule has 12 heteroatoms. The predicted molar refractivity (Wildman–Crippen MR) is 157 cm³/mol.